The molecule has 194 valence electrons. The largest absolute Gasteiger partial charge is 0.433 e. The van der Waals surface area contributed by atoms with E-state index in [2.05, 4.69) is 20.5 Å². The van der Waals surface area contributed by atoms with Gasteiger partial charge in [0.15, 0.2) is 22.9 Å². The molecular weight excluding hydrogens is 500 g/mol. The van der Waals surface area contributed by atoms with Crippen molar-refractivity contribution in [1.29, 1.82) is 0 Å². The first kappa shape index (κ1) is 25.1. The second kappa shape index (κ2) is 9.40. The summed E-state index contributed by atoms with van der Waals surface area (Å²) in [6.07, 6.45) is -4.74. The Labute approximate surface area is 214 Å². The zero-order valence-electron chi connectivity index (χ0n) is 20.6. The predicted molar refractivity (Wildman–Crippen MR) is 133 cm³/mol. The van der Waals surface area contributed by atoms with E-state index in [0.29, 0.717) is 21.3 Å². The number of aromatic nitrogens is 5. The molecule has 0 unspecified atom stereocenters. The number of anilines is 1. The molecule has 7 nitrogen and oxygen atoms in total. The molecule has 5 aromatic rings. The second-order valence-corrected chi connectivity index (χ2v) is 9.00. The van der Waals surface area contributed by atoms with E-state index in [0.717, 1.165) is 17.2 Å². The van der Waals surface area contributed by atoms with Gasteiger partial charge in [-0.05, 0) is 50.1 Å². The van der Waals surface area contributed by atoms with Gasteiger partial charge in [0.2, 0.25) is 0 Å². The van der Waals surface area contributed by atoms with Crippen LogP contribution >= 0.6 is 0 Å². The van der Waals surface area contributed by atoms with Gasteiger partial charge in [-0.2, -0.15) is 23.4 Å². The summed E-state index contributed by atoms with van der Waals surface area (Å²) in [6, 6.07) is 15.2. The number of amides is 1. The first-order valence-corrected chi connectivity index (χ1v) is 11.6. The van der Waals surface area contributed by atoms with E-state index in [1.807, 2.05) is 19.9 Å². The molecule has 0 radical (unpaired) electrons. The smallest absolute Gasteiger partial charge is 0.304 e. The summed E-state index contributed by atoms with van der Waals surface area (Å²) >= 11 is 0. The summed E-state index contributed by atoms with van der Waals surface area (Å²) in [6.45, 7) is 5.65. The van der Waals surface area contributed by atoms with E-state index in [1.165, 1.54) is 16.8 Å². The van der Waals surface area contributed by atoms with E-state index in [4.69, 9.17) is 0 Å². The van der Waals surface area contributed by atoms with Crippen molar-refractivity contribution in [3.8, 4) is 11.3 Å². The molecule has 1 N–H and O–H groups in total. The summed E-state index contributed by atoms with van der Waals surface area (Å²) in [4.78, 5) is 17.2. The molecule has 0 saturated carbocycles. The summed E-state index contributed by atoms with van der Waals surface area (Å²) < 4.78 is 58.0. The molecule has 0 fully saturated rings. The minimum atomic E-state index is -4.74. The molecule has 38 heavy (non-hydrogen) atoms. The maximum absolute atomic E-state index is 14.0. The molecule has 3 aromatic heterocycles. The average Bonchev–Trinajstić information content (AvgIpc) is 3.44. The Bertz CT molecular complexity index is 1690. The quantitative estimate of drug-likeness (QED) is 0.288. The monoisotopic (exact) mass is 522 g/mol. The first-order chi connectivity index (χ1) is 18.0. The summed E-state index contributed by atoms with van der Waals surface area (Å²) in [5, 5.41) is 10.7. The van der Waals surface area contributed by atoms with Gasteiger partial charge in [0.25, 0.3) is 5.91 Å². The number of hydrogen-bond acceptors (Lipinski definition) is 4. The number of carbonyl (C=O) groups is 1. The van der Waals surface area contributed by atoms with Crippen LogP contribution in [0.5, 0.6) is 0 Å². The van der Waals surface area contributed by atoms with Crippen LogP contribution in [0.3, 0.4) is 0 Å². The highest BCUT2D eigenvalue weighted by molar-refractivity contribution is 6.03. The standard InChI is InChI=1S/C27H22F4N6O/c1-15-8-9-18(10-16(15)2)21-12-23(27(29,30)31)37-25(32-21)13-22(34-37)26(38)33-24-11-17(3)36(35-24)14-19-6-4-5-7-20(19)28/h4-13H,14H2,1-3H3,(H,33,35,38). The molecule has 11 heteroatoms. The SMILES string of the molecule is Cc1ccc(-c2cc(C(F)(F)F)n3nc(C(=O)Nc4cc(C)n(Cc5ccccc5F)n4)cc3n2)cc1C. The molecule has 0 bridgehead atoms. The zero-order chi connectivity index (χ0) is 27.2. The van der Waals surface area contributed by atoms with E-state index < -0.39 is 17.8 Å². The third-order valence-corrected chi connectivity index (χ3v) is 6.25. The van der Waals surface area contributed by atoms with Gasteiger partial charge in [-0.15, -0.1) is 0 Å². The number of aryl methyl sites for hydroxylation is 3. The zero-order valence-corrected chi connectivity index (χ0v) is 20.6. The van der Waals surface area contributed by atoms with Crippen molar-refractivity contribution in [3.05, 3.63) is 100 Å². The van der Waals surface area contributed by atoms with Gasteiger partial charge >= 0.3 is 6.18 Å². The van der Waals surface area contributed by atoms with Gasteiger partial charge in [-0.3, -0.25) is 9.48 Å². The van der Waals surface area contributed by atoms with Crippen LogP contribution in [0, 0.1) is 26.6 Å². The molecule has 0 aliphatic heterocycles. The molecule has 0 spiro atoms. The topological polar surface area (TPSA) is 77.1 Å². The Morgan fingerprint density at radius 1 is 0.947 bits per heavy atom. The highest BCUT2D eigenvalue weighted by Crippen LogP contribution is 2.33. The molecule has 0 aliphatic rings. The van der Waals surface area contributed by atoms with E-state index in [9.17, 15) is 22.4 Å². The summed E-state index contributed by atoms with van der Waals surface area (Å²) in [5.74, 6) is -0.988. The van der Waals surface area contributed by atoms with Crippen LogP contribution in [0.25, 0.3) is 16.9 Å². The highest BCUT2D eigenvalue weighted by atomic mass is 19.4. The third-order valence-electron chi connectivity index (χ3n) is 6.25. The van der Waals surface area contributed by atoms with E-state index in [1.54, 1.807) is 43.3 Å². The lowest BCUT2D eigenvalue weighted by molar-refractivity contribution is -0.142. The summed E-state index contributed by atoms with van der Waals surface area (Å²) in [5.41, 5.74) is 2.17. The van der Waals surface area contributed by atoms with E-state index in [-0.39, 0.29) is 35.2 Å². The second-order valence-electron chi connectivity index (χ2n) is 9.00. The number of carbonyl (C=O) groups excluding carboxylic acids is 1. The molecule has 1 amide bonds. The molecular formula is C27H22F4N6O. The van der Waals surface area contributed by atoms with Gasteiger partial charge in [0, 0.05) is 29.0 Å². The fourth-order valence-corrected chi connectivity index (χ4v) is 4.04. The van der Waals surface area contributed by atoms with Crippen molar-refractivity contribution in [2.24, 2.45) is 0 Å². The van der Waals surface area contributed by atoms with Crippen molar-refractivity contribution in [3.63, 3.8) is 0 Å². The lowest BCUT2D eigenvalue weighted by Gasteiger charge is -2.11. The fraction of sp³-hybridized carbons (Fsp3) is 0.185. The molecule has 0 atom stereocenters. The van der Waals surface area contributed by atoms with Crippen LogP contribution in [0.4, 0.5) is 23.4 Å². The van der Waals surface area contributed by atoms with Crippen LogP contribution in [0.15, 0.2) is 60.7 Å². The number of halogens is 4. The van der Waals surface area contributed by atoms with Gasteiger partial charge in [-0.25, -0.2) is 13.9 Å². The predicted octanol–water partition coefficient (Wildman–Crippen LogP) is 5.98. The van der Waals surface area contributed by atoms with Gasteiger partial charge in [0.1, 0.15) is 5.82 Å². The van der Waals surface area contributed by atoms with Crippen LogP contribution < -0.4 is 5.32 Å². The van der Waals surface area contributed by atoms with Crippen molar-refractivity contribution in [2.75, 3.05) is 5.32 Å². The maximum atomic E-state index is 14.0. The Balaban J connectivity index is 1.46. The normalized spacial score (nSPS) is 11.8. The maximum Gasteiger partial charge on any atom is 0.433 e. The molecule has 0 saturated heterocycles. The minimum absolute atomic E-state index is 0.113. The number of alkyl halides is 3. The molecule has 2 aromatic carbocycles. The summed E-state index contributed by atoms with van der Waals surface area (Å²) in [7, 11) is 0. The number of benzene rings is 2. The van der Waals surface area contributed by atoms with Crippen LogP contribution in [0.1, 0.15) is 38.6 Å². The number of hydrogen-bond donors (Lipinski definition) is 1. The minimum Gasteiger partial charge on any atom is -0.304 e. The molecule has 0 aliphatic carbocycles. The Kier molecular flexibility index (Phi) is 6.22. The number of fused-ring (bicyclic) bond motifs is 1. The molecule has 5 rings (SSSR count). The van der Waals surface area contributed by atoms with Crippen LogP contribution in [-0.4, -0.2) is 30.3 Å². The van der Waals surface area contributed by atoms with Gasteiger partial charge < -0.3 is 5.32 Å². The van der Waals surface area contributed by atoms with E-state index >= 15 is 0 Å². The van der Waals surface area contributed by atoms with Crippen LogP contribution in [-0.2, 0) is 12.7 Å². The lowest BCUT2D eigenvalue weighted by Crippen LogP contribution is -2.16. The van der Waals surface area contributed by atoms with Crippen molar-refractivity contribution in [1.82, 2.24) is 24.4 Å². The van der Waals surface area contributed by atoms with Crippen molar-refractivity contribution < 1.29 is 22.4 Å². The Hall–Kier alpha value is -4.54. The third kappa shape index (κ3) is 4.86. The highest BCUT2D eigenvalue weighted by Gasteiger charge is 2.35. The lowest BCUT2D eigenvalue weighted by atomic mass is 10.0. The number of rotatable bonds is 5. The first-order valence-electron chi connectivity index (χ1n) is 11.6. The Morgan fingerprint density at radius 3 is 2.42 bits per heavy atom. The van der Waals surface area contributed by atoms with Gasteiger partial charge in [-0.1, -0.05) is 30.3 Å². The molecule has 3 heterocycles. The van der Waals surface area contributed by atoms with Gasteiger partial charge in [0.05, 0.1) is 12.2 Å². The number of nitrogens with zero attached hydrogens (tertiary/aromatic N) is 5. The average molecular weight is 523 g/mol. The van der Waals surface area contributed by atoms with Crippen molar-refractivity contribution in [2.45, 2.75) is 33.5 Å². The van der Waals surface area contributed by atoms with Crippen LogP contribution in [0.2, 0.25) is 0 Å². The number of nitrogens with one attached hydrogen (secondary N) is 1. The fourth-order valence-electron chi connectivity index (χ4n) is 4.04. The van der Waals surface area contributed by atoms with Crippen molar-refractivity contribution >= 4 is 17.4 Å². The Morgan fingerprint density at radius 2 is 1.71 bits per heavy atom.